The van der Waals surface area contributed by atoms with Crippen molar-refractivity contribution in [2.45, 2.75) is 45.9 Å². The third-order valence-electron chi connectivity index (χ3n) is 7.48. The van der Waals surface area contributed by atoms with Gasteiger partial charge >= 0.3 is 6.09 Å². The van der Waals surface area contributed by atoms with E-state index in [0.29, 0.717) is 64.0 Å². The number of carbonyl (C=O) groups is 1. The van der Waals surface area contributed by atoms with Gasteiger partial charge in [0.1, 0.15) is 11.2 Å². The summed E-state index contributed by atoms with van der Waals surface area (Å²) in [5.41, 5.74) is 1.81. The molecule has 4 heterocycles. The molecule has 1 N–H and O–H groups in total. The molecule has 0 atom stereocenters. The van der Waals surface area contributed by atoms with Crippen molar-refractivity contribution in [2.75, 3.05) is 50.8 Å². The molecule has 226 valence electrons. The number of nitrogens with one attached hydrogen (secondary N) is 1. The Morgan fingerprint density at radius 1 is 1.10 bits per heavy atom. The number of nitrogens with zero attached hydrogens (tertiary/aromatic N) is 6. The van der Waals surface area contributed by atoms with Crippen LogP contribution in [0.25, 0.3) is 11.0 Å². The van der Waals surface area contributed by atoms with Gasteiger partial charge < -0.3 is 15.0 Å². The lowest BCUT2D eigenvalue weighted by Crippen LogP contribution is -2.51. The summed E-state index contributed by atoms with van der Waals surface area (Å²) in [5.74, 6) is 0.678. The molecular weight excluding hydrogens is 558 g/mol. The minimum absolute atomic E-state index is 0.131. The van der Waals surface area contributed by atoms with Gasteiger partial charge in [0.15, 0.2) is 0 Å². The van der Waals surface area contributed by atoms with Crippen LogP contribution in [0.1, 0.15) is 32.8 Å². The molecule has 12 nitrogen and oxygen atoms in total. The average Bonchev–Trinajstić information content (AvgIpc) is 2.88. The molecule has 1 amide bonds. The first-order chi connectivity index (χ1) is 19.8. The summed E-state index contributed by atoms with van der Waals surface area (Å²) < 4.78 is 32.2. The number of amides is 1. The molecule has 0 radical (unpaired) electrons. The van der Waals surface area contributed by atoms with Crippen LogP contribution in [0.4, 0.5) is 16.4 Å². The van der Waals surface area contributed by atoms with E-state index in [1.165, 1.54) is 16.6 Å². The molecular formula is C29H39N7O5S. The second-order valence-corrected chi connectivity index (χ2v) is 14.1. The Morgan fingerprint density at radius 2 is 1.83 bits per heavy atom. The summed E-state index contributed by atoms with van der Waals surface area (Å²) in [5, 5.41) is 4.04. The number of pyridine rings is 1. The van der Waals surface area contributed by atoms with Crippen LogP contribution in [0.5, 0.6) is 0 Å². The van der Waals surface area contributed by atoms with Gasteiger partial charge in [-0.3, -0.25) is 14.3 Å². The van der Waals surface area contributed by atoms with Crippen molar-refractivity contribution in [1.29, 1.82) is 0 Å². The van der Waals surface area contributed by atoms with Gasteiger partial charge in [-0.1, -0.05) is 12.1 Å². The van der Waals surface area contributed by atoms with E-state index in [2.05, 4.69) is 15.2 Å². The maximum absolute atomic E-state index is 12.8. The smallest absolute Gasteiger partial charge is 0.410 e. The van der Waals surface area contributed by atoms with E-state index in [1.54, 1.807) is 21.7 Å². The number of aromatic nitrogens is 3. The fourth-order valence-corrected chi connectivity index (χ4v) is 6.07. The number of aryl methyl sites for hydroxylation is 1. The van der Waals surface area contributed by atoms with Crippen molar-refractivity contribution < 1.29 is 17.9 Å². The van der Waals surface area contributed by atoms with Gasteiger partial charge in [-0.15, -0.1) is 0 Å². The van der Waals surface area contributed by atoms with Crippen LogP contribution < -0.4 is 10.9 Å². The standard InChI is InChI=1S/C29H39N7O5S/c1-29(2,3)41-28(38)34-19-22(20-34)10-11-36-25(37)9-8-23-17-30-27(32-26(23)36)31-24-7-5-6-21(16-24)18-33-12-14-35(15-13-33)42(4,39)40/h5-9,16-17,22H,10-15,18-20H2,1-4H3,(H,30,31,32). The lowest BCUT2D eigenvalue weighted by molar-refractivity contribution is -0.00265. The molecule has 2 saturated heterocycles. The zero-order chi connectivity index (χ0) is 30.1. The molecule has 0 unspecified atom stereocenters. The molecule has 0 bridgehead atoms. The Balaban J connectivity index is 1.22. The maximum Gasteiger partial charge on any atom is 0.410 e. The summed E-state index contributed by atoms with van der Waals surface area (Å²) >= 11 is 0. The van der Waals surface area contributed by atoms with E-state index >= 15 is 0 Å². The van der Waals surface area contributed by atoms with Gasteiger partial charge in [0.2, 0.25) is 16.0 Å². The van der Waals surface area contributed by atoms with Crippen molar-refractivity contribution in [3.63, 3.8) is 0 Å². The van der Waals surface area contributed by atoms with Gasteiger partial charge in [0, 0.05) is 75.7 Å². The van der Waals surface area contributed by atoms with Crippen molar-refractivity contribution in [2.24, 2.45) is 5.92 Å². The fraction of sp³-hybridized carbons (Fsp3) is 0.517. The molecule has 2 fully saturated rings. The molecule has 2 aliphatic rings. The molecule has 0 saturated carbocycles. The number of anilines is 2. The van der Waals surface area contributed by atoms with Crippen LogP contribution in [0.2, 0.25) is 0 Å². The Kier molecular flexibility index (Phi) is 8.53. The summed E-state index contributed by atoms with van der Waals surface area (Å²) in [6.45, 7) is 10.3. The Labute approximate surface area is 246 Å². The fourth-order valence-electron chi connectivity index (χ4n) is 5.24. The van der Waals surface area contributed by atoms with Gasteiger partial charge in [0.25, 0.3) is 5.56 Å². The predicted molar refractivity (Wildman–Crippen MR) is 161 cm³/mol. The largest absolute Gasteiger partial charge is 0.444 e. The number of sulfonamides is 1. The Morgan fingerprint density at radius 3 is 2.52 bits per heavy atom. The van der Waals surface area contributed by atoms with E-state index < -0.39 is 15.6 Å². The number of fused-ring (bicyclic) bond motifs is 1. The normalized spacial score (nSPS) is 17.3. The van der Waals surface area contributed by atoms with Crippen LogP contribution in [-0.4, -0.2) is 94.3 Å². The van der Waals surface area contributed by atoms with Crippen LogP contribution in [0.15, 0.2) is 47.4 Å². The minimum atomic E-state index is -3.16. The number of piperazine rings is 1. The topological polar surface area (TPSA) is 130 Å². The molecule has 3 aromatic rings. The Hall–Kier alpha value is -3.55. The second-order valence-electron chi connectivity index (χ2n) is 12.1. The van der Waals surface area contributed by atoms with Gasteiger partial charge in [0.05, 0.1) is 6.26 Å². The van der Waals surface area contributed by atoms with Crippen LogP contribution in [-0.2, 0) is 27.8 Å². The number of hydrogen-bond donors (Lipinski definition) is 1. The highest BCUT2D eigenvalue weighted by Gasteiger charge is 2.33. The second kappa shape index (κ2) is 12.0. The van der Waals surface area contributed by atoms with E-state index in [0.717, 1.165) is 23.1 Å². The van der Waals surface area contributed by atoms with Crippen molar-refractivity contribution >= 4 is 38.8 Å². The van der Waals surface area contributed by atoms with Crippen molar-refractivity contribution in [1.82, 2.24) is 28.6 Å². The van der Waals surface area contributed by atoms with Gasteiger partial charge in [-0.25, -0.2) is 18.2 Å². The monoisotopic (exact) mass is 597 g/mol. The number of ether oxygens (including phenoxy) is 1. The molecule has 2 aromatic heterocycles. The number of rotatable bonds is 8. The molecule has 2 aliphatic heterocycles. The van der Waals surface area contributed by atoms with E-state index in [-0.39, 0.29) is 17.6 Å². The quantitative estimate of drug-likeness (QED) is 0.417. The van der Waals surface area contributed by atoms with E-state index in [1.807, 2.05) is 45.0 Å². The summed E-state index contributed by atoms with van der Waals surface area (Å²) in [4.78, 5) is 38.1. The lowest BCUT2D eigenvalue weighted by atomic mass is 9.97. The molecule has 42 heavy (non-hydrogen) atoms. The first-order valence-corrected chi connectivity index (χ1v) is 16.1. The molecule has 0 aliphatic carbocycles. The molecule has 0 spiro atoms. The van der Waals surface area contributed by atoms with Crippen molar-refractivity contribution in [3.05, 3.63) is 58.5 Å². The maximum atomic E-state index is 12.8. The zero-order valence-corrected chi connectivity index (χ0v) is 25.4. The van der Waals surface area contributed by atoms with Crippen molar-refractivity contribution in [3.8, 4) is 0 Å². The first kappa shape index (κ1) is 29.9. The first-order valence-electron chi connectivity index (χ1n) is 14.2. The number of likely N-dealkylation sites (tertiary alicyclic amines) is 1. The highest BCUT2D eigenvalue weighted by molar-refractivity contribution is 7.88. The summed E-state index contributed by atoms with van der Waals surface area (Å²) in [6.07, 6.45) is 3.40. The van der Waals surface area contributed by atoms with Crippen LogP contribution in [0.3, 0.4) is 0 Å². The highest BCUT2D eigenvalue weighted by atomic mass is 32.2. The van der Waals surface area contributed by atoms with Gasteiger partial charge in [-0.05, 0) is 56.9 Å². The third kappa shape index (κ3) is 7.44. The predicted octanol–water partition coefficient (Wildman–Crippen LogP) is 2.87. The minimum Gasteiger partial charge on any atom is -0.444 e. The number of hydrogen-bond acceptors (Lipinski definition) is 9. The lowest BCUT2D eigenvalue weighted by Gasteiger charge is -2.39. The summed E-state index contributed by atoms with van der Waals surface area (Å²) in [7, 11) is -3.16. The summed E-state index contributed by atoms with van der Waals surface area (Å²) in [6, 6.07) is 11.2. The third-order valence-corrected chi connectivity index (χ3v) is 8.79. The van der Waals surface area contributed by atoms with Gasteiger partial charge in [-0.2, -0.15) is 9.29 Å². The zero-order valence-electron chi connectivity index (χ0n) is 24.6. The highest BCUT2D eigenvalue weighted by Crippen LogP contribution is 2.24. The Bertz CT molecular complexity index is 1600. The SMILES string of the molecule is CC(C)(C)OC(=O)N1CC(CCn2c(=O)ccc3cnc(Nc4cccc(CN5CCN(S(C)(=O)=O)CC5)c4)nc32)C1. The average molecular weight is 598 g/mol. The number of carbonyl (C=O) groups excluding carboxylic acids is 1. The van der Waals surface area contributed by atoms with Crippen LogP contribution >= 0.6 is 0 Å². The van der Waals surface area contributed by atoms with Crippen LogP contribution in [0, 0.1) is 5.92 Å². The molecule has 13 heteroatoms. The number of benzene rings is 1. The molecule has 5 rings (SSSR count). The van der Waals surface area contributed by atoms with E-state index in [4.69, 9.17) is 9.72 Å². The van der Waals surface area contributed by atoms with E-state index in [9.17, 15) is 18.0 Å². The molecule has 1 aromatic carbocycles.